The van der Waals surface area contributed by atoms with Gasteiger partial charge in [-0.15, -0.1) is 0 Å². The highest BCUT2D eigenvalue weighted by molar-refractivity contribution is 7.99. The van der Waals surface area contributed by atoms with Crippen molar-refractivity contribution < 1.29 is 14.3 Å². The van der Waals surface area contributed by atoms with E-state index in [2.05, 4.69) is 17.6 Å². The lowest BCUT2D eigenvalue weighted by Crippen LogP contribution is -2.49. The molecule has 0 aliphatic carbocycles. The maximum atomic E-state index is 12.0. The molecule has 0 aliphatic heterocycles. The number of amides is 2. The molecule has 0 fully saturated rings. The van der Waals surface area contributed by atoms with Crippen LogP contribution in [0.3, 0.4) is 0 Å². The maximum Gasteiger partial charge on any atom is 0.408 e. The summed E-state index contributed by atoms with van der Waals surface area (Å²) in [5, 5.41) is 5.48. The van der Waals surface area contributed by atoms with E-state index in [4.69, 9.17) is 4.74 Å². The van der Waals surface area contributed by atoms with Crippen molar-refractivity contribution in [3.8, 4) is 0 Å². The van der Waals surface area contributed by atoms with Crippen molar-refractivity contribution in [1.82, 2.24) is 10.6 Å². The van der Waals surface area contributed by atoms with Crippen LogP contribution >= 0.6 is 11.8 Å². The Bertz CT molecular complexity index is 303. The number of rotatable bonds is 8. The van der Waals surface area contributed by atoms with Gasteiger partial charge in [0.05, 0.1) is 0 Å². The number of alkyl carbamates (subject to hydrolysis) is 1. The predicted molar refractivity (Wildman–Crippen MR) is 84.1 cm³/mol. The quantitative estimate of drug-likeness (QED) is 0.676. The zero-order valence-electron chi connectivity index (χ0n) is 13.2. The summed E-state index contributed by atoms with van der Waals surface area (Å²) < 4.78 is 5.18. The van der Waals surface area contributed by atoms with Gasteiger partial charge in [-0.2, -0.15) is 11.8 Å². The van der Waals surface area contributed by atoms with Gasteiger partial charge in [-0.3, -0.25) is 4.79 Å². The summed E-state index contributed by atoms with van der Waals surface area (Å²) in [5.74, 6) is 1.30. The molecule has 118 valence electrons. The molecule has 6 heteroatoms. The van der Waals surface area contributed by atoms with Crippen LogP contribution in [-0.2, 0) is 9.53 Å². The van der Waals surface area contributed by atoms with Gasteiger partial charge in [-0.05, 0) is 32.9 Å². The molecule has 0 aromatic carbocycles. The zero-order chi connectivity index (χ0) is 15.6. The maximum absolute atomic E-state index is 12.0. The van der Waals surface area contributed by atoms with Gasteiger partial charge >= 0.3 is 6.09 Å². The van der Waals surface area contributed by atoms with Crippen molar-refractivity contribution in [1.29, 1.82) is 0 Å². The molecule has 0 saturated carbocycles. The molecule has 2 N–H and O–H groups in total. The monoisotopic (exact) mass is 304 g/mol. The molecule has 0 radical (unpaired) electrons. The molecule has 0 aliphatic rings. The molecule has 0 unspecified atom stereocenters. The molecule has 0 bridgehead atoms. The molecule has 20 heavy (non-hydrogen) atoms. The van der Waals surface area contributed by atoms with Gasteiger partial charge in [0.15, 0.2) is 0 Å². The molecule has 0 heterocycles. The van der Waals surface area contributed by atoms with Crippen LogP contribution < -0.4 is 10.6 Å². The summed E-state index contributed by atoms with van der Waals surface area (Å²) in [6.07, 6.45) is 1.41. The number of carbonyl (C=O) groups excluding carboxylic acids is 2. The van der Waals surface area contributed by atoms with Gasteiger partial charge in [-0.25, -0.2) is 4.79 Å². The van der Waals surface area contributed by atoms with Crippen LogP contribution in [0.2, 0.25) is 0 Å². The zero-order valence-corrected chi connectivity index (χ0v) is 14.1. The summed E-state index contributed by atoms with van der Waals surface area (Å²) in [6.45, 7) is 10.1. The summed E-state index contributed by atoms with van der Waals surface area (Å²) >= 11 is 1.61. The molecule has 0 aromatic rings. The fraction of sp³-hybridized carbons (Fsp3) is 0.857. The lowest BCUT2D eigenvalue weighted by molar-refractivity contribution is -0.122. The first-order valence-corrected chi connectivity index (χ1v) is 8.30. The van der Waals surface area contributed by atoms with E-state index in [-0.39, 0.29) is 5.91 Å². The second-order valence-electron chi connectivity index (χ2n) is 5.50. The fourth-order valence-electron chi connectivity index (χ4n) is 1.38. The van der Waals surface area contributed by atoms with Crippen molar-refractivity contribution in [3.63, 3.8) is 0 Å². The minimum absolute atomic E-state index is 0.148. The molecule has 0 saturated heterocycles. The van der Waals surface area contributed by atoms with Gasteiger partial charge in [0.25, 0.3) is 0 Å². The highest BCUT2D eigenvalue weighted by Gasteiger charge is 2.23. The average molecular weight is 304 g/mol. The number of hydrogen-bond donors (Lipinski definition) is 2. The van der Waals surface area contributed by atoms with E-state index < -0.39 is 17.7 Å². The molecular weight excluding hydrogens is 276 g/mol. The van der Waals surface area contributed by atoms with Gasteiger partial charge in [0.1, 0.15) is 11.6 Å². The summed E-state index contributed by atoms with van der Waals surface area (Å²) in [7, 11) is 0. The molecule has 0 rings (SSSR count). The normalized spacial score (nSPS) is 12.7. The Kier molecular flexibility index (Phi) is 9.46. The largest absolute Gasteiger partial charge is 0.444 e. The second-order valence-corrected chi connectivity index (χ2v) is 6.82. The van der Waals surface area contributed by atoms with Crippen molar-refractivity contribution in [3.05, 3.63) is 0 Å². The van der Waals surface area contributed by atoms with Crippen LogP contribution in [0.5, 0.6) is 0 Å². The summed E-state index contributed by atoms with van der Waals surface area (Å²) in [6, 6.07) is -0.549. The summed E-state index contributed by atoms with van der Waals surface area (Å²) in [4.78, 5) is 23.8. The third-order valence-corrected chi connectivity index (χ3v) is 3.30. The van der Waals surface area contributed by atoms with E-state index in [1.165, 1.54) is 0 Å². The minimum Gasteiger partial charge on any atom is -0.444 e. The molecular formula is C14H28N2O3S. The third-order valence-electron chi connectivity index (χ3n) is 2.33. The van der Waals surface area contributed by atoms with Gasteiger partial charge in [0, 0.05) is 12.3 Å². The Morgan fingerprint density at radius 2 is 1.90 bits per heavy atom. The Hall–Kier alpha value is -0.910. The summed E-state index contributed by atoms with van der Waals surface area (Å²) in [5.41, 5.74) is -0.564. The molecule has 2 amide bonds. The topological polar surface area (TPSA) is 67.4 Å². The van der Waals surface area contributed by atoms with E-state index in [1.54, 1.807) is 32.5 Å². The Morgan fingerprint density at radius 3 is 2.40 bits per heavy atom. The van der Waals surface area contributed by atoms with E-state index in [0.29, 0.717) is 12.3 Å². The van der Waals surface area contributed by atoms with Crippen LogP contribution in [0.15, 0.2) is 0 Å². The number of nitrogens with one attached hydrogen (secondary N) is 2. The molecule has 0 aromatic heterocycles. The van der Waals surface area contributed by atoms with Crippen molar-refractivity contribution in [2.75, 3.05) is 18.1 Å². The SMILES string of the molecule is CCCCNC(=O)[C@H](CSCC)NC(=O)OC(C)(C)C. The number of carbonyl (C=O) groups is 2. The Labute approximate surface area is 126 Å². The average Bonchev–Trinajstić information content (AvgIpc) is 2.32. The first kappa shape index (κ1) is 19.1. The van der Waals surface area contributed by atoms with E-state index in [1.807, 2.05) is 6.92 Å². The lowest BCUT2D eigenvalue weighted by Gasteiger charge is -2.23. The van der Waals surface area contributed by atoms with E-state index >= 15 is 0 Å². The number of unbranched alkanes of at least 4 members (excludes halogenated alkanes) is 1. The predicted octanol–water partition coefficient (Wildman–Crippen LogP) is 2.55. The van der Waals surface area contributed by atoms with Gasteiger partial charge < -0.3 is 15.4 Å². The number of thioether (sulfide) groups is 1. The Morgan fingerprint density at radius 1 is 1.25 bits per heavy atom. The van der Waals surface area contributed by atoms with Crippen molar-refractivity contribution >= 4 is 23.8 Å². The van der Waals surface area contributed by atoms with E-state index in [0.717, 1.165) is 18.6 Å². The Balaban J connectivity index is 4.39. The molecule has 0 spiro atoms. The van der Waals surface area contributed by atoms with Gasteiger partial charge in [0.2, 0.25) is 5.91 Å². The van der Waals surface area contributed by atoms with Crippen LogP contribution in [-0.4, -0.2) is 41.7 Å². The van der Waals surface area contributed by atoms with E-state index in [9.17, 15) is 9.59 Å². The third kappa shape index (κ3) is 9.95. The smallest absolute Gasteiger partial charge is 0.408 e. The lowest BCUT2D eigenvalue weighted by atomic mass is 10.2. The van der Waals surface area contributed by atoms with Crippen molar-refractivity contribution in [2.24, 2.45) is 0 Å². The standard InChI is InChI=1S/C14H28N2O3S/c1-6-8-9-15-12(17)11(10-20-7-2)16-13(18)19-14(3,4)5/h11H,6-10H2,1-5H3,(H,15,17)(H,16,18)/t11-/m0/s1. The van der Waals surface area contributed by atoms with Crippen LogP contribution in [0, 0.1) is 0 Å². The van der Waals surface area contributed by atoms with Crippen molar-refractivity contribution in [2.45, 2.75) is 59.1 Å². The minimum atomic E-state index is -0.564. The van der Waals surface area contributed by atoms with Crippen LogP contribution in [0.4, 0.5) is 4.79 Å². The first-order chi connectivity index (χ1) is 9.30. The molecule has 5 nitrogen and oxygen atoms in total. The first-order valence-electron chi connectivity index (χ1n) is 7.15. The fourth-order valence-corrected chi connectivity index (χ4v) is 2.09. The van der Waals surface area contributed by atoms with Gasteiger partial charge in [-0.1, -0.05) is 20.3 Å². The van der Waals surface area contributed by atoms with Crippen LogP contribution in [0.1, 0.15) is 47.5 Å². The molecule has 1 atom stereocenters. The highest BCUT2D eigenvalue weighted by Crippen LogP contribution is 2.08. The number of hydrogen-bond acceptors (Lipinski definition) is 4. The van der Waals surface area contributed by atoms with Crippen LogP contribution in [0.25, 0.3) is 0 Å². The number of ether oxygens (including phenoxy) is 1. The second kappa shape index (κ2) is 9.91. The highest BCUT2D eigenvalue weighted by atomic mass is 32.2.